The highest BCUT2D eigenvalue weighted by molar-refractivity contribution is 6.32. The van der Waals surface area contributed by atoms with Gasteiger partial charge < -0.3 is 5.11 Å². The van der Waals surface area contributed by atoms with Crippen molar-refractivity contribution in [2.24, 2.45) is 0 Å². The fourth-order valence-corrected chi connectivity index (χ4v) is 1.43. The Kier molecular flexibility index (Phi) is 2.39. The molecule has 5 nitrogen and oxygen atoms in total. The lowest BCUT2D eigenvalue weighted by molar-refractivity contribution is 0.0697. The fraction of sp³-hybridized carbons (Fsp3) is 0. The van der Waals surface area contributed by atoms with Gasteiger partial charge in [-0.3, -0.25) is 0 Å². The molecule has 0 aliphatic carbocycles. The molecule has 0 spiro atoms. The molecule has 0 atom stereocenters. The second-order valence-corrected chi connectivity index (χ2v) is 3.23. The van der Waals surface area contributed by atoms with E-state index in [-0.39, 0.29) is 5.56 Å². The van der Waals surface area contributed by atoms with E-state index >= 15 is 0 Å². The number of aromatic carboxylic acids is 1. The second-order valence-electron chi connectivity index (χ2n) is 2.82. The van der Waals surface area contributed by atoms with Crippen molar-refractivity contribution in [3.63, 3.8) is 0 Å². The number of rotatable bonds is 2. The third-order valence-electron chi connectivity index (χ3n) is 1.86. The summed E-state index contributed by atoms with van der Waals surface area (Å²) < 4.78 is 1.47. The van der Waals surface area contributed by atoms with Gasteiger partial charge in [0, 0.05) is 0 Å². The molecule has 1 N–H and O–H groups in total. The van der Waals surface area contributed by atoms with E-state index in [9.17, 15) is 4.79 Å². The normalized spacial score (nSPS) is 10.2. The van der Waals surface area contributed by atoms with Crippen molar-refractivity contribution >= 4 is 17.6 Å². The Morgan fingerprint density at radius 1 is 1.47 bits per heavy atom. The molecule has 0 aliphatic rings. The third-order valence-corrected chi connectivity index (χ3v) is 2.17. The Hall–Kier alpha value is -1.88. The predicted octanol–water partition coefficient (Wildman–Crippen LogP) is 1.62. The zero-order valence-electron chi connectivity index (χ0n) is 7.46. The number of hydrogen-bond donors (Lipinski definition) is 1. The first kappa shape index (κ1) is 9.67. The lowest BCUT2D eigenvalue weighted by Crippen LogP contribution is -2.00. The molecule has 0 aliphatic heterocycles. The Bertz CT molecular complexity index is 496. The van der Waals surface area contributed by atoms with Gasteiger partial charge in [-0.25, -0.2) is 9.48 Å². The molecule has 2 aromatic rings. The smallest absolute Gasteiger partial charge is 0.335 e. The fourth-order valence-electron chi connectivity index (χ4n) is 1.16. The highest BCUT2D eigenvalue weighted by atomic mass is 35.5. The van der Waals surface area contributed by atoms with Crippen LogP contribution >= 0.6 is 11.6 Å². The summed E-state index contributed by atoms with van der Waals surface area (Å²) in [6.45, 7) is 0. The summed E-state index contributed by atoms with van der Waals surface area (Å²) >= 11 is 5.91. The van der Waals surface area contributed by atoms with Crippen molar-refractivity contribution in [2.75, 3.05) is 0 Å². The van der Waals surface area contributed by atoms with Gasteiger partial charge >= 0.3 is 5.97 Å². The van der Waals surface area contributed by atoms with Gasteiger partial charge in [0.1, 0.15) is 0 Å². The molecule has 0 fully saturated rings. The van der Waals surface area contributed by atoms with E-state index in [1.54, 1.807) is 12.3 Å². The lowest BCUT2D eigenvalue weighted by Gasteiger charge is -2.03. The Morgan fingerprint density at radius 2 is 2.27 bits per heavy atom. The molecular weight excluding hydrogens is 218 g/mol. The van der Waals surface area contributed by atoms with Crippen LogP contribution in [0.15, 0.2) is 30.6 Å². The predicted molar refractivity (Wildman–Crippen MR) is 53.3 cm³/mol. The maximum atomic E-state index is 10.7. The topological polar surface area (TPSA) is 68.0 Å². The van der Waals surface area contributed by atoms with Gasteiger partial charge in [0.25, 0.3) is 0 Å². The molecule has 15 heavy (non-hydrogen) atoms. The zero-order valence-corrected chi connectivity index (χ0v) is 8.22. The number of nitrogens with zero attached hydrogens (tertiary/aromatic N) is 3. The van der Waals surface area contributed by atoms with E-state index in [2.05, 4.69) is 10.3 Å². The molecule has 1 aromatic heterocycles. The summed E-state index contributed by atoms with van der Waals surface area (Å²) in [5.41, 5.74) is 0.739. The molecule has 1 heterocycles. The molecule has 0 radical (unpaired) electrons. The molecule has 6 heteroatoms. The van der Waals surface area contributed by atoms with E-state index in [0.717, 1.165) is 0 Å². The van der Waals surface area contributed by atoms with Crippen molar-refractivity contribution in [1.82, 2.24) is 15.0 Å². The van der Waals surface area contributed by atoms with Gasteiger partial charge in [0.2, 0.25) is 0 Å². The standard InChI is InChI=1S/C9H6ClN3O2/c10-7-5-6(9(14)15)1-2-8(7)13-4-3-11-12-13/h1-5H,(H,14,15). The Balaban J connectivity index is 2.48. The van der Waals surface area contributed by atoms with Gasteiger partial charge in [-0.15, -0.1) is 5.10 Å². The number of hydrogen-bond acceptors (Lipinski definition) is 3. The maximum absolute atomic E-state index is 10.7. The molecule has 0 amide bonds. The van der Waals surface area contributed by atoms with E-state index in [1.807, 2.05) is 0 Å². The van der Waals surface area contributed by atoms with Gasteiger partial charge in [-0.2, -0.15) is 0 Å². The Morgan fingerprint density at radius 3 is 2.80 bits per heavy atom. The maximum Gasteiger partial charge on any atom is 0.335 e. The van der Waals surface area contributed by atoms with E-state index in [0.29, 0.717) is 10.7 Å². The first-order valence-corrected chi connectivity index (χ1v) is 4.46. The lowest BCUT2D eigenvalue weighted by atomic mass is 10.2. The summed E-state index contributed by atoms with van der Waals surface area (Å²) in [4.78, 5) is 10.7. The van der Waals surface area contributed by atoms with Gasteiger partial charge in [0.05, 0.1) is 28.7 Å². The number of carboxylic acids is 1. The number of aromatic nitrogens is 3. The molecular formula is C9H6ClN3O2. The summed E-state index contributed by atoms with van der Waals surface area (Å²) in [6.07, 6.45) is 3.14. The van der Waals surface area contributed by atoms with Gasteiger partial charge in [0.15, 0.2) is 0 Å². The number of carbonyl (C=O) groups is 1. The molecule has 0 unspecified atom stereocenters. The van der Waals surface area contributed by atoms with Crippen molar-refractivity contribution in [2.45, 2.75) is 0 Å². The first-order chi connectivity index (χ1) is 7.18. The zero-order chi connectivity index (χ0) is 10.8. The minimum absolute atomic E-state index is 0.142. The molecule has 2 rings (SSSR count). The van der Waals surface area contributed by atoms with Crippen LogP contribution in [0.5, 0.6) is 0 Å². The second kappa shape index (κ2) is 3.70. The van der Waals surface area contributed by atoms with Crippen LogP contribution in [-0.2, 0) is 0 Å². The monoisotopic (exact) mass is 223 g/mol. The SMILES string of the molecule is O=C(O)c1ccc(-n2ccnn2)c(Cl)c1. The van der Waals surface area contributed by atoms with Crippen molar-refractivity contribution in [1.29, 1.82) is 0 Å². The van der Waals surface area contributed by atoms with Crippen LogP contribution in [-0.4, -0.2) is 26.1 Å². The number of halogens is 1. The van der Waals surface area contributed by atoms with Crippen LogP contribution in [0, 0.1) is 0 Å². The summed E-state index contributed by atoms with van der Waals surface area (Å²) in [7, 11) is 0. The number of carboxylic acid groups (broad SMARTS) is 1. The molecule has 1 aromatic carbocycles. The minimum Gasteiger partial charge on any atom is -0.478 e. The van der Waals surface area contributed by atoms with Gasteiger partial charge in [-0.05, 0) is 18.2 Å². The number of benzene rings is 1. The van der Waals surface area contributed by atoms with Crippen LogP contribution in [0.3, 0.4) is 0 Å². The summed E-state index contributed by atoms with van der Waals surface area (Å²) in [5.74, 6) is -1.01. The highest BCUT2D eigenvalue weighted by Gasteiger charge is 2.08. The quantitative estimate of drug-likeness (QED) is 0.840. The third kappa shape index (κ3) is 1.82. The summed E-state index contributed by atoms with van der Waals surface area (Å²) in [5, 5.41) is 16.4. The van der Waals surface area contributed by atoms with Crippen LogP contribution in [0.25, 0.3) is 5.69 Å². The molecule has 0 bridgehead atoms. The minimum atomic E-state index is -1.01. The van der Waals surface area contributed by atoms with Crippen LogP contribution in [0.4, 0.5) is 0 Å². The van der Waals surface area contributed by atoms with Crippen molar-refractivity contribution in [3.05, 3.63) is 41.2 Å². The summed E-state index contributed by atoms with van der Waals surface area (Å²) in [6, 6.07) is 4.42. The van der Waals surface area contributed by atoms with E-state index in [4.69, 9.17) is 16.7 Å². The first-order valence-electron chi connectivity index (χ1n) is 4.08. The average molecular weight is 224 g/mol. The van der Waals surface area contributed by atoms with Crippen molar-refractivity contribution < 1.29 is 9.90 Å². The van der Waals surface area contributed by atoms with Crippen LogP contribution in [0.2, 0.25) is 5.02 Å². The molecule has 0 saturated heterocycles. The largest absolute Gasteiger partial charge is 0.478 e. The Labute approximate surface area is 89.9 Å². The van der Waals surface area contributed by atoms with Crippen molar-refractivity contribution in [3.8, 4) is 5.69 Å². The average Bonchev–Trinajstić information content (AvgIpc) is 2.70. The van der Waals surface area contributed by atoms with E-state index in [1.165, 1.54) is 23.0 Å². The van der Waals surface area contributed by atoms with Crippen LogP contribution in [0.1, 0.15) is 10.4 Å². The van der Waals surface area contributed by atoms with Gasteiger partial charge in [-0.1, -0.05) is 16.8 Å². The van der Waals surface area contributed by atoms with E-state index < -0.39 is 5.97 Å². The van der Waals surface area contributed by atoms with Crippen LogP contribution < -0.4 is 0 Å². The molecule has 0 saturated carbocycles. The molecule has 76 valence electrons. The highest BCUT2D eigenvalue weighted by Crippen LogP contribution is 2.20.